The van der Waals surface area contributed by atoms with Crippen LogP contribution in [0.15, 0.2) is 16.8 Å². The predicted octanol–water partition coefficient (Wildman–Crippen LogP) is 1.07. The van der Waals surface area contributed by atoms with Gasteiger partial charge in [0.15, 0.2) is 0 Å². The molecule has 0 spiro atoms. The molecule has 6 heteroatoms. The molecule has 0 fully saturated rings. The third kappa shape index (κ3) is 4.46. The largest absolute Gasteiger partial charge is 0.347 e. The SMILES string of the molecule is CNC(=O)NOC(=O)CCc1ccsc1. The first-order valence-electron chi connectivity index (χ1n) is 4.41. The molecule has 0 saturated carbocycles. The van der Waals surface area contributed by atoms with Crippen LogP contribution >= 0.6 is 11.3 Å². The maximum absolute atomic E-state index is 11.1. The number of aryl methyl sites for hydroxylation is 1. The van der Waals surface area contributed by atoms with Gasteiger partial charge < -0.3 is 10.2 Å². The minimum atomic E-state index is -0.543. The normalized spacial score (nSPS) is 9.40. The molecule has 0 aliphatic carbocycles. The number of nitrogens with one attached hydrogen (secondary N) is 2. The van der Waals surface area contributed by atoms with Crippen LogP contribution < -0.4 is 10.8 Å². The van der Waals surface area contributed by atoms with Gasteiger partial charge in [0.1, 0.15) is 0 Å². The van der Waals surface area contributed by atoms with Crippen LogP contribution in [-0.4, -0.2) is 19.0 Å². The Kier molecular flexibility index (Phi) is 4.62. The van der Waals surface area contributed by atoms with Crippen LogP contribution in [0.3, 0.4) is 0 Å². The summed E-state index contributed by atoms with van der Waals surface area (Å²) < 4.78 is 0. The Morgan fingerprint density at radius 3 is 2.93 bits per heavy atom. The van der Waals surface area contributed by atoms with Crippen LogP contribution in [0.5, 0.6) is 0 Å². The molecular weight excluding hydrogens is 216 g/mol. The number of carbonyl (C=O) groups is 2. The number of carbonyl (C=O) groups excluding carboxylic acids is 2. The van der Waals surface area contributed by atoms with E-state index in [1.54, 1.807) is 11.3 Å². The molecule has 0 unspecified atom stereocenters. The van der Waals surface area contributed by atoms with Crippen LogP contribution in [0.4, 0.5) is 4.79 Å². The molecule has 0 aliphatic heterocycles. The molecule has 1 rings (SSSR count). The van der Waals surface area contributed by atoms with Crippen molar-refractivity contribution in [2.24, 2.45) is 0 Å². The fourth-order valence-corrected chi connectivity index (χ4v) is 1.59. The Morgan fingerprint density at radius 2 is 2.33 bits per heavy atom. The van der Waals surface area contributed by atoms with Gasteiger partial charge in [-0.15, -0.1) is 0 Å². The van der Waals surface area contributed by atoms with Crippen LogP contribution in [0.25, 0.3) is 0 Å². The predicted molar refractivity (Wildman–Crippen MR) is 56.3 cm³/mol. The van der Waals surface area contributed by atoms with Gasteiger partial charge in [-0.1, -0.05) is 0 Å². The zero-order valence-electron chi connectivity index (χ0n) is 8.28. The second kappa shape index (κ2) is 6.02. The first kappa shape index (κ1) is 11.5. The smallest absolute Gasteiger partial charge is 0.339 e. The van der Waals surface area contributed by atoms with Gasteiger partial charge in [0.05, 0.1) is 6.42 Å². The number of amides is 2. The molecule has 15 heavy (non-hydrogen) atoms. The summed E-state index contributed by atoms with van der Waals surface area (Å²) in [6.07, 6.45) is 0.873. The van der Waals surface area contributed by atoms with Crippen LogP contribution in [0.1, 0.15) is 12.0 Å². The molecule has 1 heterocycles. The average Bonchev–Trinajstić information content (AvgIpc) is 2.75. The minimum absolute atomic E-state index is 0.251. The Bertz CT molecular complexity index is 324. The molecule has 0 radical (unpaired) electrons. The van der Waals surface area contributed by atoms with Crippen molar-refractivity contribution in [1.82, 2.24) is 10.8 Å². The van der Waals surface area contributed by atoms with Gasteiger partial charge in [0.25, 0.3) is 0 Å². The third-order valence-electron chi connectivity index (χ3n) is 1.68. The van der Waals surface area contributed by atoms with Gasteiger partial charge in [-0.25, -0.2) is 9.59 Å². The first-order valence-corrected chi connectivity index (χ1v) is 5.35. The lowest BCUT2D eigenvalue weighted by Crippen LogP contribution is -2.34. The molecule has 5 nitrogen and oxygen atoms in total. The molecule has 1 aromatic rings. The maximum atomic E-state index is 11.1. The van der Waals surface area contributed by atoms with Crippen molar-refractivity contribution in [1.29, 1.82) is 0 Å². The molecule has 0 aromatic carbocycles. The van der Waals surface area contributed by atoms with E-state index in [0.717, 1.165) is 5.56 Å². The average molecular weight is 228 g/mol. The summed E-state index contributed by atoms with van der Waals surface area (Å²) in [4.78, 5) is 26.2. The highest BCUT2D eigenvalue weighted by Gasteiger charge is 2.05. The van der Waals surface area contributed by atoms with Gasteiger partial charge in [0, 0.05) is 7.05 Å². The quantitative estimate of drug-likeness (QED) is 0.760. The molecule has 0 bridgehead atoms. The lowest BCUT2D eigenvalue weighted by molar-refractivity contribution is -0.148. The van der Waals surface area contributed by atoms with E-state index in [-0.39, 0.29) is 6.42 Å². The lowest BCUT2D eigenvalue weighted by atomic mass is 10.2. The Morgan fingerprint density at radius 1 is 1.53 bits per heavy atom. The first-order chi connectivity index (χ1) is 7.22. The van der Waals surface area contributed by atoms with E-state index in [1.165, 1.54) is 7.05 Å². The molecule has 0 atom stereocenters. The summed E-state index contributed by atoms with van der Waals surface area (Å²) in [5.74, 6) is -0.454. The highest BCUT2D eigenvalue weighted by atomic mass is 32.1. The van der Waals surface area contributed by atoms with Gasteiger partial charge >= 0.3 is 12.0 Å². The van der Waals surface area contributed by atoms with E-state index < -0.39 is 12.0 Å². The van der Waals surface area contributed by atoms with Crippen molar-refractivity contribution in [3.8, 4) is 0 Å². The maximum Gasteiger partial charge on any atom is 0.347 e. The highest BCUT2D eigenvalue weighted by molar-refractivity contribution is 7.07. The number of urea groups is 1. The van der Waals surface area contributed by atoms with Crippen molar-refractivity contribution < 1.29 is 14.4 Å². The number of thiophene rings is 1. The molecular formula is C9H12N2O3S. The minimum Gasteiger partial charge on any atom is -0.339 e. The standard InChI is InChI=1S/C9H12N2O3S/c1-10-9(13)11-14-8(12)3-2-7-4-5-15-6-7/h4-6H,2-3H2,1H3,(H2,10,11,13). The molecule has 82 valence electrons. The summed E-state index contributed by atoms with van der Waals surface area (Å²) in [6.45, 7) is 0. The number of hydrogen-bond acceptors (Lipinski definition) is 4. The lowest BCUT2D eigenvalue weighted by Gasteiger charge is -2.03. The van der Waals surface area contributed by atoms with Crippen molar-refractivity contribution >= 4 is 23.3 Å². The van der Waals surface area contributed by atoms with Crippen molar-refractivity contribution in [3.63, 3.8) is 0 Å². The second-order valence-corrected chi connectivity index (χ2v) is 3.57. The van der Waals surface area contributed by atoms with E-state index in [0.29, 0.717) is 6.42 Å². The number of hydrogen-bond donors (Lipinski definition) is 2. The zero-order valence-corrected chi connectivity index (χ0v) is 9.10. The van der Waals surface area contributed by atoms with Crippen molar-refractivity contribution in [2.75, 3.05) is 7.05 Å². The molecule has 2 amide bonds. The zero-order chi connectivity index (χ0) is 11.1. The number of rotatable bonds is 3. The summed E-state index contributed by atoms with van der Waals surface area (Å²) >= 11 is 1.58. The van der Waals surface area contributed by atoms with Gasteiger partial charge in [0.2, 0.25) is 0 Å². The molecule has 2 N–H and O–H groups in total. The van der Waals surface area contributed by atoms with Crippen molar-refractivity contribution in [3.05, 3.63) is 22.4 Å². The highest BCUT2D eigenvalue weighted by Crippen LogP contribution is 2.08. The van der Waals surface area contributed by atoms with Crippen LogP contribution in [0, 0.1) is 0 Å². The van der Waals surface area contributed by atoms with E-state index in [2.05, 4.69) is 10.2 Å². The Hall–Kier alpha value is -1.56. The van der Waals surface area contributed by atoms with E-state index in [4.69, 9.17) is 0 Å². The van der Waals surface area contributed by atoms with E-state index >= 15 is 0 Å². The van der Waals surface area contributed by atoms with Gasteiger partial charge in [-0.2, -0.15) is 16.8 Å². The van der Waals surface area contributed by atoms with Crippen LogP contribution in [-0.2, 0) is 16.1 Å². The Labute approximate surface area is 91.4 Å². The summed E-state index contributed by atoms with van der Waals surface area (Å²) in [5, 5.41) is 6.18. The van der Waals surface area contributed by atoms with Crippen molar-refractivity contribution in [2.45, 2.75) is 12.8 Å². The number of hydroxylamine groups is 1. The molecule has 1 aromatic heterocycles. The van der Waals surface area contributed by atoms with E-state index in [9.17, 15) is 9.59 Å². The molecule has 0 aliphatic rings. The monoisotopic (exact) mass is 228 g/mol. The van der Waals surface area contributed by atoms with Crippen LogP contribution in [0.2, 0.25) is 0 Å². The summed E-state index contributed by atoms with van der Waals surface area (Å²) in [6, 6.07) is 1.41. The summed E-state index contributed by atoms with van der Waals surface area (Å²) in [5.41, 5.74) is 3.06. The molecule has 0 saturated heterocycles. The van der Waals surface area contributed by atoms with E-state index in [1.807, 2.05) is 22.3 Å². The fourth-order valence-electron chi connectivity index (χ4n) is 0.887. The third-order valence-corrected chi connectivity index (χ3v) is 2.41. The second-order valence-electron chi connectivity index (χ2n) is 2.79. The topological polar surface area (TPSA) is 67.4 Å². The Balaban J connectivity index is 2.16. The fraction of sp³-hybridized carbons (Fsp3) is 0.333. The van der Waals surface area contributed by atoms with Gasteiger partial charge in [-0.3, -0.25) is 0 Å². The summed E-state index contributed by atoms with van der Waals surface area (Å²) in [7, 11) is 1.44. The van der Waals surface area contributed by atoms with Gasteiger partial charge in [-0.05, 0) is 28.8 Å².